The maximum atomic E-state index is 10.9. The van der Waals surface area contributed by atoms with Crippen LogP contribution in [0.5, 0.6) is 0 Å². The van der Waals surface area contributed by atoms with Crippen molar-refractivity contribution in [3.63, 3.8) is 0 Å². The van der Waals surface area contributed by atoms with Gasteiger partial charge in [0.1, 0.15) is 0 Å². The molecule has 106 valence electrons. The van der Waals surface area contributed by atoms with Gasteiger partial charge in [-0.2, -0.15) is 16.3 Å². The Kier molecular flexibility index (Phi) is 3.54. The van der Waals surface area contributed by atoms with Gasteiger partial charge in [-0.1, -0.05) is 12.1 Å². The highest BCUT2D eigenvalue weighted by atomic mass is 32.1. The number of aromatic nitrogens is 2. The van der Waals surface area contributed by atoms with Gasteiger partial charge in [-0.15, -0.1) is 0 Å². The summed E-state index contributed by atoms with van der Waals surface area (Å²) in [5.41, 5.74) is 0.964. The van der Waals surface area contributed by atoms with Crippen molar-refractivity contribution in [2.24, 2.45) is 11.8 Å². The van der Waals surface area contributed by atoms with Gasteiger partial charge in [-0.25, -0.2) is 0 Å². The highest BCUT2D eigenvalue weighted by Crippen LogP contribution is 2.26. The van der Waals surface area contributed by atoms with Crippen molar-refractivity contribution in [2.75, 3.05) is 13.1 Å². The lowest BCUT2D eigenvalue weighted by Crippen LogP contribution is -2.50. The first kappa shape index (κ1) is 13.3. The average molecular weight is 293 g/mol. The van der Waals surface area contributed by atoms with Crippen LogP contribution in [0.1, 0.15) is 12.8 Å². The Bertz CT molecular complexity index is 590. The smallest absolute Gasteiger partial charge is 0.306 e. The Labute approximate surface area is 120 Å². The number of carboxylic acid groups (broad SMARTS) is 1. The first-order chi connectivity index (χ1) is 9.63. The molecular formula is C13H15N3O3S. The summed E-state index contributed by atoms with van der Waals surface area (Å²) in [6.45, 7) is 3.87. The zero-order valence-electron chi connectivity index (χ0n) is 11.0. The Morgan fingerprint density at radius 1 is 1.65 bits per heavy atom. The predicted octanol–water partition coefficient (Wildman–Crippen LogP) is 1.95. The molecule has 1 saturated heterocycles. The fraction of sp³-hybridized carbons (Fsp3) is 0.462. The molecule has 1 fully saturated rings. The third-order valence-corrected chi connectivity index (χ3v) is 4.37. The number of hydrogen-bond acceptors (Lipinski definition) is 6. The number of aliphatic carboxylic acids is 1. The second-order valence-corrected chi connectivity index (χ2v) is 5.88. The summed E-state index contributed by atoms with van der Waals surface area (Å²) < 4.78 is 5.22. The SMILES string of the molecule is CC(C(=O)O)C1CN(Cc2nc(-c3ccsc3)no2)C1. The van der Waals surface area contributed by atoms with Crippen molar-refractivity contribution < 1.29 is 14.4 Å². The van der Waals surface area contributed by atoms with Crippen LogP contribution in [0.25, 0.3) is 11.4 Å². The quantitative estimate of drug-likeness (QED) is 0.907. The van der Waals surface area contributed by atoms with Crippen LogP contribution < -0.4 is 0 Å². The van der Waals surface area contributed by atoms with Gasteiger partial charge in [0.05, 0.1) is 12.5 Å². The highest BCUT2D eigenvalue weighted by molar-refractivity contribution is 7.08. The monoisotopic (exact) mass is 293 g/mol. The van der Waals surface area contributed by atoms with E-state index < -0.39 is 5.97 Å². The molecule has 1 atom stereocenters. The minimum Gasteiger partial charge on any atom is -0.481 e. The fourth-order valence-corrected chi connectivity index (χ4v) is 2.91. The molecule has 1 aliphatic rings. The zero-order valence-corrected chi connectivity index (χ0v) is 11.8. The lowest BCUT2D eigenvalue weighted by Gasteiger charge is -2.40. The van der Waals surface area contributed by atoms with Crippen molar-refractivity contribution in [3.05, 3.63) is 22.7 Å². The average Bonchev–Trinajstić information content (AvgIpc) is 3.02. The number of hydrogen-bond donors (Lipinski definition) is 1. The molecule has 0 radical (unpaired) electrons. The third-order valence-electron chi connectivity index (χ3n) is 3.69. The van der Waals surface area contributed by atoms with Crippen LogP contribution in [0.4, 0.5) is 0 Å². The fourth-order valence-electron chi connectivity index (χ4n) is 2.28. The Morgan fingerprint density at radius 3 is 3.10 bits per heavy atom. The summed E-state index contributed by atoms with van der Waals surface area (Å²) in [4.78, 5) is 17.3. The summed E-state index contributed by atoms with van der Waals surface area (Å²) in [5, 5.41) is 16.8. The maximum Gasteiger partial charge on any atom is 0.306 e. The van der Waals surface area contributed by atoms with Gasteiger partial charge in [-0.3, -0.25) is 9.69 Å². The number of likely N-dealkylation sites (tertiary alicyclic amines) is 1. The Hall–Kier alpha value is -1.73. The third kappa shape index (κ3) is 2.59. The number of rotatable bonds is 5. The largest absolute Gasteiger partial charge is 0.481 e. The number of thiophene rings is 1. The van der Waals surface area contributed by atoms with Crippen LogP contribution in [-0.4, -0.2) is 39.2 Å². The first-order valence-corrected chi connectivity index (χ1v) is 7.38. The second-order valence-electron chi connectivity index (χ2n) is 5.10. The summed E-state index contributed by atoms with van der Waals surface area (Å²) in [6, 6.07) is 1.95. The van der Waals surface area contributed by atoms with E-state index in [-0.39, 0.29) is 11.8 Å². The molecule has 3 rings (SSSR count). The molecule has 7 heteroatoms. The van der Waals surface area contributed by atoms with Crippen molar-refractivity contribution in [2.45, 2.75) is 13.5 Å². The molecule has 3 heterocycles. The van der Waals surface area contributed by atoms with Crippen molar-refractivity contribution >= 4 is 17.3 Å². The normalized spacial score (nSPS) is 17.9. The predicted molar refractivity (Wildman–Crippen MR) is 73.2 cm³/mol. The van der Waals surface area contributed by atoms with Crippen molar-refractivity contribution in [1.29, 1.82) is 0 Å². The van der Waals surface area contributed by atoms with Crippen LogP contribution in [-0.2, 0) is 11.3 Å². The molecule has 1 N–H and O–H groups in total. The van der Waals surface area contributed by atoms with E-state index in [2.05, 4.69) is 15.0 Å². The van der Waals surface area contributed by atoms with Crippen molar-refractivity contribution in [3.8, 4) is 11.4 Å². The maximum absolute atomic E-state index is 10.9. The Balaban J connectivity index is 1.55. The molecular weight excluding hydrogens is 278 g/mol. The number of carboxylic acids is 1. The van der Waals surface area contributed by atoms with Gasteiger partial charge in [-0.05, 0) is 17.4 Å². The highest BCUT2D eigenvalue weighted by Gasteiger charge is 2.35. The summed E-state index contributed by atoms with van der Waals surface area (Å²) in [6.07, 6.45) is 0. The molecule has 0 saturated carbocycles. The number of carbonyl (C=O) groups is 1. The van der Waals surface area contributed by atoms with Crippen LogP contribution in [0.2, 0.25) is 0 Å². The minimum absolute atomic E-state index is 0.215. The standard InChI is InChI=1S/C13H15N3O3S/c1-8(13(17)18)10-4-16(5-10)6-11-14-12(15-19-11)9-2-3-20-7-9/h2-3,7-8,10H,4-6H2,1H3,(H,17,18). The van der Waals surface area contributed by atoms with E-state index in [1.54, 1.807) is 18.3 Å². The molecule has 6 nitrogen and oxygen atoms in total. The van der Waals surface area contributed by atoms with Gasteiger partial charge < -0.3 is 9.63 Å². The molecule has 0 amide bonds. The van der Waals surface area contributed by atoms with Crippen LogP contribution in [0.3, 0.4) is 0 Å². The minimum atomic E-state index is -0.729. The molecule has 0 aliphatic carbocycles. The first-order valence-electron chi connectivity index (χ1n) is 6.44. The van der Waals surface area contributed by atoms with E-state index in [0.717, 1.165) is 18.7 Å². The molecule has 1 unspecified atom stereocenters. The van der Waals surface area contributed by atoms with Crippen molar-refractivity contribution in [1.82, 2.24) is 15.0 Å². The topological polar surface area (TPSA) is 79.5 Å². The summed E-state index contributed by atoms with van der Waals surface area (Å²) in [7, 11) is 0. The van der Waals surface area contributed by atoms with E-state index in [1.807, 2.05) is 16.8 Å². The molecule has 0 spiro atoms. The molecule has 1 aliphatic heterocycles. The second kappa shape index (κ2) is 5.34. The summed E-state index contributed by atoms with van der Waals surface area (Å²) in [5.74, 6) is 0.374. The lowest BCUT2D eigenvalue weighted by molar-refractivity contribution is -0.145. The van der Waals surface area contributed by atoms with Crippen LogP contribution in [0.15, 0.2) is 21.3 Å². The van der Waals surface area contributed by atoms with Gasteiger partial charge in [0.25, 0.3) is 0 Å². The van der Waals surface area contributed by atoms with Gasteiger partial charge in [0.15, 0.2) is 0 Å². The number of nitrogens with zero attached hydrogens (tertiary/aromatic N) is 3. The summed E-state index contributed by atoms with van der Waals surface area (Å²) >= 11 is 1.59. The molecule has 2 aromatic heterocycles. The molecule has 0 aromatic carbocycles. The van der Waals surface area contributed by atoms with E-state index >= 15 is 0 Å². The Morgan fingerprint density at radius 2 is 2.45 bits per heavy atom. The van der Waals surface area contributed by atoms with E-state index in [4.69, 9.17) is 9.63 Å². The van der Waals surface area contributed by atoms with Crippen LogP contribution >= 0.6 is 11.3 Å². The molecule has 20 heavy (non-hydrogen) atoms. The van der Waals surface area contributed by atoms with E-state index in [1.165, 1.54) is 0 Å². The molecule has 0 bridgehead atoms. The van der Waals surface area contributed by atoms with E-state index in [0.29, 0.717) is 18.3 Å². The van der Waals surface area contributed by atoms with Gasteiger partial charge in [0.2, 0.25) is 11.7 Å². The van der Waals surface area contributed by atoms with E-state index in [9.17, 15) is 4.79 Å². The van der Waals surface area contributed by atoms with Gasteiger partial charge >= 0.3 is 5.97 Å². The van der Waals surface area contributed by atoms with Crippen LogP contribution in [0, 0.1) is 11.8 Å². The zero-order chi connectivity index (χ0) is 14.1. The molecule has 2 aromatic rings. The van der Waals surface area contributed by atoms with Gasteiger partial charge in [0, 0.05) is 24.0 Å². The lowest BCUT2D eigenvalue weighted by atomic mass is 9.87.